The van der Waals surface area contributed by atoms with Gasteiger partial charge in [0.15, 0.2) is 0 Å². The lowest BCUT2D eigenvalue weighted by Gasteiger charge is -2.05. The van der Waals surface area contributed by atoms with Crippen LogP contribution in [-0.2, 0) is 4.79 Å². The maximum absolute atomic E-state index is 12.4. The van der Waals surface area contributed by atoms with E-state index >= 15 is 0 Å². The monoisotopic (exact) mass is 459 g/mol. The van der Waals surface area contributed by atoms with Gasteiger partial charge in [-0.25, -0.2) is 4.39 Å². The van der Waals surface area contributed by atoms with Crippen molar-refractivity contribution in [3.63, 3.8) is 0 Å². The third-order valence-corrected chi connectivity index (χ3v) is 4.32. The number of hydrogen-bond donors (Lipinski definition) is 0. The summed E-state index contributed by atoms with van der Waals surface area (Å²) >= 11 is 0. The lowest BCUT2D eigenvalue weighted by molar-refractivity contribution is -0.0980. The Kier molecular flexibility index (Phi) is 23.7. The van der Waals surface area contributed by atoms with E-state index in [1.165, 1.54) is 41.0 Å². The van der Waals surface area contributed by atoms with Crippen LogP contribution in [0.1, 0.15) is 71.1 Å². The average Bonchev–Trinajstić information content (AvgIpc) is 2.80. The number of benzene rings is 2. The van der Waals surface area contributed by atoms with Crippen molar-refractivity contribution in [2.45, 2.75) is 75.2 Å². The fourth-order valence-electron chi connectivity index (χ4n) is 1.89. The molecule has 0 heterocycles. The Morgan fingerprint density at radius 1 is 0.970 bits per heavy atom. The molecular weight excluding hydrogens is 413 g/mol. The Labute approximate surface area is 202 Å². The second-order valence-corrected chi connectivity index (χ2v) is 7.76. The Balaban J connectivity index is -0.000000383. The average molecular weight is 460 g/mol. The normalized spacial score (nSPS) is 9.52. The molecule has 2 aromatic rings. The maximum atomic E-state index is 12.4. The molecule has 2 aromatic carbocycles. The summed E-state index contributed by atoms with van der Waals surface area (Å²) in [6.07, 6.45) is 2.01. The first-order valence-electron chi connectivity index (χ1n) is 11.4. The van der Waals surface area contributed by atoms with E-state index in [2.05, 4.69) is 78.2 Å². The van der Waals surface area contributed by atoms with Crippen LogP contribution in [-0.4, -0.2) is 19.5 Å². The van der Waals surface area contributed by atoms with Crippen LogP contribution >= 0.6 is 0 Å². The van der Waals surface area contributed by atoms with E-state index in [0.717, 1.165) is 6.42 Å². The van der Waals surface area contributed by atoms with Gasteiger partial charge in [-0.05, 0) is 69.0 Å². The predicted molar refractivity (Wildman–Crippen MR) is 144 cm³/mol. The highest BCUT2D eigenvalue weighted by molar-refractivity contribution is 5.83. The van der Waals surface area contributed by atoms with E-state index < -0.39 is 0 Å². The number of halogens is 1. The van der Waals surface area contributed by atoms with Crippen molar-refractivity contribution in [3.8, 4) is 5.75 Å². The molecule has 0 bridgehead atoms. The number of ether oxygens (including phenoxy) is 1. The van der Waals surface area contributed by atoms with Crippen LogP contribution in [0.3, 0.4) is 0 Å². The first kappa shape index (κ1) is 34.9. The third kappa shape index (κ3) is 20.9. The Hall–Kier alpha value is -2.75. The lowest BCUT2D eigenvalue weighted by Crippen LogP contribution is -1.99. The predicted octanol–water partition coefficient (Wildman–Crippen LogP) is 8.70. The highest BCUT2D eigenvalue weighted by Crippen LogP contribution is 2.14. The van der Waals surface area contributed by atoms with Gasteiger partial charge in [0.05, 0.1) is 5.76 Å². The quantitative estimate of drug-likeness (QED) is 0.339. The second-order valence-electron chi connectivity index (χ2n) is 7.76. The number of carbonyl (C=O) groups is 1. The molecule has 0 aliphatic heterocycles. The van der Waals surface area contributed by atoms with Crippen molar-refractivity contribution in [2.24, 2.45) is 10.9 Å². The van der Waals surface area contributed by atoms with Crippen LogP contribution in [0.4, 0.5) is 4.39 Å². The Morgan fingerprint density at radius 2 is 1.45 bits per heavy atom. The lowest BCUT2D eigenvalue weighted by atomic mass is 10.1. The van der Waals surface area contributed by atoms with Crippen molar-refractivity contribution < 1.29 is 13.9 Å². The minimum absolute atomic E-state index is 0.260. The van der Waals surface area contributed by atoms with Gasteiger partial charge in [0.1, 0.15) is 18.4 Å². The van der Waals surface area contributed by atoms with E-state index in [1.807, 2.05) is 27.7 Å². The van der Waals surface area contributed by atoms with Crippen LogP contribution < -0.4 is 4.74 Å². The topological polar surface area (TPSA) is 38.7 Å². The summed E-state index contributed by atoms with van der Waals surface area (Å²) in [4.78, 5) is 12.0. The molecule has 2 rings (SSSR count). The molecule has 0 fully saturated rings. The van der Waals surface area contributed by atoms with Crippen LogP contribution in [0, 0.1) is 32.5 Å². The molecule has 0 aliphatic rings. The van der Waals surface area contributed by atoms with Gasteiger partial charge in [-0.2, -0.15) is 0 Å². The smallest absolute Gasteiger partial charge is 0.127 e. The molecule has 0 aliphatic carbocycles. The van der Waals surface area contributed by atoms with Crippen LogP contribution in [0.15, 0.2) is 59.8 Å². The van der Waals surface area contributed by atoms with Gasteiger partial charge in [-0.1, -0.05) is 71.4 Å². The Bertz CT molecular complexity index is 781. The van der Waals surface area contributed by atoms with E-state index in [9.17, 15) is 4.39 Å². The van der Waals surface area contributed by atoms with Gasteiger partial charge >= 0.3 is 0 Å². The van der Waals surface area contributed by atoms with Gasteiger partial charge in [-0.15, -0.1) is 0 Å². The fraction of sp³-hybridized carbons (Fsp3) is 0.448. The molecular formula is C29H46FNO2. The number of allylic oxidation sites excluding steroid dienone is 1. The highest BCUT2D eigenvalue weighted by atomic mass is 19.1. The molecule has 0 atom stereocenters. The SMILES string of the molecule is C=C(CC)Oc1ccc(F)cc1.C=O.CCC.CN=C(C)C(C)C.Cc1ccc(C)c(C)c1. The van der Waals surface area contributed by atoms with E-state index in [4.69, 9.17) is 9.53 Å². The standard InChI is InChI=1S/C10H11FO.C9H12.C6H13N.C3H8.CH2O/c1-3-8(2)12-10-6-4-9(11)5-7-10;1-7-4-5-8(2)9(3)6-7;1-5(2)6(3)7-4;1-3-2;1-2/h4-7H,2-3H2,1H3;4-6H,1-3H3;5H,1-4H3;3H2,1-2H3;1H2. The Morgan fingerprint density at radius 3 is 1.76 bits per heavy atom. The molecule has 0 unspecified atom stereocenters. The van der Waals surface area contributed by atoms with Crippen LogP contribution in [0.25, 0.3) is 0 Å². The van der Waals surface area contributed by atoms with Crippen molar-refractivity contribution >= 4 is 12.5 Å². The molecule has 33 heavy (non-hydrogen) atoms. The van der Waals surface area contributed by atoms with Gasteiger partial charge in [0, 0.05) is 19.2 Å². The largest absolute Gasteiger partial charge is 0.462 e. The number of hydrogen-bond acceptors (Lipinski definition) is 3. The zero-order valence-corrected chi connectivity index (χ0v) is 22.6. The number of nitrogens with zero attached hydrogens (tertiary/aromatic N) is 1. The van der Waals surface area contributed by atoms with Gasteiger partial charge in [-0.3, -0.25) is 4.99 Å². The zero-order valence-electron chi connectivity index (χ0n) is 22.6. The molecule has 3 nitrogen and oxygen atoms in total. The molecule has 0 N–H and O–H groups in total. The number of rotatable bonds is 4. The molecule has 0 spiro atoms. The number of aryl methyl sites for hydroxylation is 3. The van der Waals surface area contributed by atoms with Crippen molar-refractivity contribution in [1.82, 2.24) is 0 Å². The van der Waals surface area contributed by atoms with Gasteiger partial charge in [0.25, 0.3) is 0 Å². The molecule has 186 valence electrons. The first-order valence-corrected chi connectivity index (χ1v) is 11.4. The van der Waals surface area contributed by atoms with Gasteiger partial charge in [0.2, 0.25) is 0 Å². The fourth-order valence-corrected chi connectivity index (χ4v) is 1.89. The van der Waals surface area contributed by atoms with Crippen LogP contribution in [0.2, 0.25) is 0 Å². The zero-order chi connectivity index (χ0) is 26.4. The molecule has 4 heteroatoms. The minimum atomic E-state index is -0.260. The molecule has 0 saturated carbocycles. The molecule has 0 saturated heterocycles. The summed E-state index contributed by atoms with van der Waals surface area (Å²) in [7, 11) is 1.83. The maximum Gasteiger partial charge on any atom is 0.127 e. The van der Waals surface area contributed by atoms with E-state index in [1.54, 1.807) is 12.1 Å². The van der Waals surface area contributed by atoms with Crippen molar-refractivity contribution in [3.05, 3.63) is 77.3 Å². The summed E-state index contributed by atoms with van der Waals surface area (Å²) in [6, 6.07) is 12.4. The van der Waals surface area contributed by atoms with Crippen molar-refractivity contribution in [1.29, 1.82) is 0 Å². The van der Waals surface area contributed by atoms with Crippen LogP contribution in [0.5, 0.6) is 5.75 Å². The van der Waals surface area contributed by atoms with E-state index in [-0.39, 0.29) is 5.82 Å². The highest BCUT2D eigenvalue weighted by Gasteiger charge is 1.95. The molecule has 0 aromatic heterocycles. The third-order valence-electron chi connectivity index (χ3n) is 4.32. The van der Waals surface area contributed by atoms with E-state index in [0.29, 0.717) is 17.4 Å². The number of aliphatic imine (C=N–C) groups is 1. The number of carbonyl (C=O) groups excluding carboxylic acids is 1. The summed E-state index contributed by atoms with van der Waals surface area (Å²) in [5.74, 6) is 1.67. The summed E-state index contributed by atoms with van der Waals surface area (Å²) < 4.78 is 17.7. The molecule has 0 radical (unpaired) electrons. The summed E-state index contributed by atoms with van der Waals surface area (Å²) in [5.41, 5.74) is 5.33. The summed E-state index contributed by atoms with van der Waals surface area (Å²) in [6.45, 7) is 24.6. The van der Waals surface area contributed by atoms with Crippen molar-refractivity contribution in [2.75, 3.05) is 7.05 Å². The second kappa shape index (κ2) is 22.4. The first-order chi connectivity index (χ1) is 15.5. The molecule has 0 amide bonds. The minimum Gasteiger partial charge on any atom is -0.462 e. The summed E-state index contributed by atoms with van der Waals surface area (Å²) in [5, 5.41) is 0. The van der Waals surface area contributed by atoms with Gasteiger partial charge < -0.3 is 9.53 Å².